The van der Waals surface area contributed by atoms with Gasteiger partial charge in [0.2, 0.25) is 23.7 Å². The molecular formula is C40H46N12O7S. The molecule has 0 aliphatic heterocycles. The Morgan fingerprint density at radius 3 is 2.08 bits per heavy atom. The predicted octanol–water partition coefficient (Wildman–Crippen LogP) is 3.46. The number of nitrogens with zero attached hydrogens (tertiary/aromatic N) is 8. The number of hydrogen-bond acceptors (Lipinski definition) is 11. The number of fused-ring (bicyclic) bond motifs is 2. The van der Waals surface area contributed by atoms with Crippen molar-refractivity contribution in [3.63, 3.8) is 0 Å². The molecule has 0 radical (unpaired) electrons. The number of benzene rings is 2. The topological polar surface area (TPSA) is 251 Å². The Labute approximate surface area is 347 Å². The molecular weight excluding hydrogens is 793 g/mol. The van der Waals surface area contributed by atoms with Gasteiger partial charge in [-0.15, -0.1) is 0 Å². The second-order valence-corrected chi connectivity index (χ2v) is 14.6. The van der Waals surface area contributed by atoms with Crippen molar-refractivity contribution in [2.75, 3.05) is 26.1 Å². The zero-order valence-corrected chi connectivity index (χ0v) is 34.9. The Morgan fingerprint density at radius 1 is 0.833 bits per heavy atom. The Hall–Kier alpha value is -7.09. The third-order valence-corrected chi connectivity index (χ3v) is 10.5. The number of carbonyl (C=O) groups is 5. The lowest BCUT2D eigenvalue weighted by Gasteiger charge is -2.13. The van der Waals surface area contributed by atoms with Crippen LogP contribution in [-0.2, 0) is 31.0 Å². The molecule has 0 atom stereocenters. The second-order valence-electron chi connectivity index (χ2n) is 13.6. The molecule has 5 amide bonds. The standard InChI is InChI=1S/C40H46N12O7S/c1-7-51-27(16-22(3)47-51)37(56)45-39-44-26-18-24(35(41)54)20-30(59-15-11-12-32(53)43-5)33(26)49(39)13-9-10-14-50-34-29(58-6)19-25(36(42)55)21-31(34)60-40(50)46-38(57)28-17-23(4)48-52(28)8-2/h9-10,16-21H,7-8,11-15H2,1-6H3,(H2,41,54)(H2,42,55)(H,43,53)(H,44,45,56)/b10-9+,46-40?. The lowest BCUT2D eigenvalue weighted by molar-refractivity contribution is -0.120. The third-order valence-electron chi connectivity index (χ3n) is 9.44. The van der Waals surface area contributed by atoms with Crippen molar-refractivity contribution in [1.82, 2.24) is 39.0 Å². The van der Waals surface area contributed by atoms with Crippen LogP contribution in [0, 0.1) is 13.8 Å². The quantitative estimate of drug-likeness (QED) is 0.0769. The third kappa shape index (κ3) is 8.97. The number of ether oxygens (including phenoxy) is 2. The molecule has 19 nitrogen and oxygen atoms in total. The highest BCUT2D eigenvalue weighted by atomic mass is 32.1. The fourth-order valence-electron chi connectivity index (χ4n) is 6.62. The highest BCUT2D eigenvalue weighted by molar-refractivity contribution is 7.16. The summed E-state index contributed by atoms with van der Waals surface area (Å²) in [6.45, 7) is 8.71. The van der Waals surface area contributed by atoms with Gasteiger partial charge < -0.3 is 35.4 Å². The molecule has 4 aromatic heterocycles. The van der Waals surface area contributed by atoms with E-state index in [1.807, 2.05) is 26.0 Å². The number of rotatable bonds is 17. The van der Waals surface area contributed by atoms with Crippen molar-refractivity contribution in [3.8, 4) is 11.5 Å². The van der Waals surface area contributed by atoms with E-state index in [1.165, 1.54) is 36.6 Å². The number of primary amides is 2. The minimum atomic E-state index is -0.707. The smallest absolute Gasteiger partial charge is 0.297 e. The zero-order valence-electron chi connectivity index (χ0n) is 34.1. The zero-order chi connectivity index (χ0) is 43.2. The van der Waals surface area contributed by atoms with Gasteiger partial charge in [0, 0.05) is 50.8 Å². The van der Waals surface area contributed by atoms with E-state index in [0.717, 1.165) is 0 Å². The molecule has 0 fully saturated rings. The molecule has 0 aliphatic rings. The van der Waals surface area contributed by atoms with Gasteiger partial charge in [0.15, 0.2) is 4.80 Å². The molecule has 0 bridgehead atoms. The maximum atomic E-state index is 13.7. The maximum Gasteiger partial charge on any atom is 0.297 e. The van der Waals surface area contributed by atoms with Crippen molar-refractivity contribution >= 4 is 68.1 Å². The van der Waals surface area contributed by atoms with Gasteiger partial charge in [0.1, 0.15) is 33.9 Å². The number of nitrogens with one attached hydrogen (secondary N) is 2. The lowest BCUT2D eigenvalue weighted by atomic mass is 10.1. The molecule has 6 N–H and O–H groups in total. The molecule has 6 aromatic rings. The summed E-state index contributed by atoms with van der Waals surface area (Å²) in [7, 11) is 3.02. The number of aryl methyl sites for hydroxylation is 4. The van der Waals surface area contributed by atoms with E-state index < -0.39 is 23.6 Å². The highest BCUT2D eigenvalue weighted by Crippen LogP contribution is 2.32. The van der Waals surface area contributed by atoms with Crippen LogP contribution in [0.15, 0.2) is 53.5 Å². The number of imidazole rings is 1. The van der Waals surface area contributed by atoms with Gasteiger partial charge in [-0.25, -0.2) is 4.98 Å². The highest BCUT2D eigenvalue weighted by Gasteiger charge is 2.22. The Morgan fingerprint density at radius 2 is 1.45 bits per heavy atom. The Kier molecular flexibility index (Phi) is 12.9. The van der Waals surface area contributed by atoms with Crippen LogP contribution in [0.25, 0.3) is 21.3 Å². The van der Waals surface area contributed by atoms with Crippen LogP contribution < -0.4 is 36.4 Å². The molecule has 0 aliphatic carbocycles. The first-order valence-corrected chi connectivity index (χ1v) is 19.9. The first-order valence-electron chi connectivity index (χ1n) is 19.1. The largest absolute Gasteiger partial charge is 0.494 e. The number of allylic oxidation sites excluding steroid dienone is 2. The molecule has 2 aromatic carbocycles. The van der Waals surface area contributed by atoms with E-state index in [0.29, 0.717) is 74.1 Å². The average molecular weight is 839 g/mol. The summed E-state index contributed by atoms with van der Waals surface area (Å²) in [6, 6.07) is 9.53. The monoisotopic (exact) mass is 838 g/mol. The first kappa shape index (κ1) is 42.5. The Bertz CT molecular complexity index is 2750. The number of methoxy groups -OCH3 is 1. The van der Waals surface area contributed by atoms with E-state index in [9.17, 15) is 24.0 Å². The molecule has 314 valence electrons. The van der Waals surface area contributed by atoms with Crippen LogP contribution in [0.5, 0.6) is 11.5 Å². The molecule has 0 saturated carbocycles. The maximum absolute atomic E-state index is 13.7. The van der Waals surface area contributed by atoms with Crippen LogP contribution in [0.2, 0.25) is 0 Å². The van der Waals surface area contributed by atoms with Crippen LogP contribution >= 0.6 is 11.3 Å². The normalized spacial score (nSPS) is 11.8. The van der Waals surface area contributed by atoms with E-state index in [2.05, 4.69) is 25.8 Å². The van der Waals surface area contributed by atoms with Crippen LogP contribution in [-0.4, -0.2) is 84.0 Å². The average Bonchev–Trinajstić information content (AvgIpc) is 3.99. The minimum Gasteiger partial charge on any atom is -0.494 e. The number of anilines is 1. The number of amides is 5. The van der Waals surface area contributed by atoms with Crippen molar-refractivity contribution in [3.05, 3.63) is 87.3 Å². The summed E-state index contributed by atoms with van der Waals surface area (Å²) >= 11 is 1.19. The van der Waals surface area contributed by atoms with Crippen LogP contribution in [0.1, 0.15) is 79.8 Å². The molecule has 0 spiro atoms. The van der Waals surface area contributed by atoms with Gasteiger partial charge in [-0.1, -0.05) is 23.5 Å². The molecule has 0 saturated heterocycles. The van der Waals surface area contributed by atoms with Gasteiger partial charge in [0.05, 0.1) is 35.3 Å². The minimum absolute atomic E-state index is 0.132. The summed E-state index contributed by atoms with van der Waals surface area (Å²) in [5, 5.41) is 14.3. The van der Waals surface area contributed by atoms with E-state index in [4.69, 9.17) is 25.9 Å². The fraction of sp³-hybridized carbons (Fsp3) is 0.325. The number of nitrogens with two attached hydrogens (primary N) is 2. The second kappa shape index (κ2) is 18.2. The predicted molar refractivity (Wildman–Crippen MR) is 224 cm³/mol. The van der Waals surface area contributed by atoms with Crippen LogP contribution in [0.3, 0.4) is 0 Å². The van der Waals surface area contributed by atoms with Gasteiger partial charge in [-0.05, 0) is 70.5 Å². The van der Waals surface area contributed by atoms with Gasteiger partial charge in [-0.2, -0.15) is 15.2 Å². The van der Waals surface area contributed by atoms with Crippen molar-refractivity contribution in [2.24, 2.45) is 16.5 Å². The summed E-state index contributed by atoms with van der Waals surface area (Å²) < 4.78 is 19.2. The number of carbonyl (C=O) groups excluding carboxylic acids is 5. The molecule has 60 heavy (non-hydrogen) atoms. The summed E-state index contributed by atoms with van der Waals surface area (Å²) in [5.41, 5.74) is 15.1. The van der Waals surface area contributed by atoms with Gasteiger partial charge in [0.25, 0.3) is 11.8 Å². The van der Waals surface area contributed by atoms with Crippen LogP contribution in [0.4, 0.5) is 5.95 Å². The van der Waals surface area contributed by atoms with Crippen molar-refractivity contribution in [1.29, 1.82) is 0 Å². The molecule has 20 heteroatoms. The van der Waals surface area contributed by atoms with Crippen molar-refractivity contribution in [2.45, 2.75) is 66.7 Å². The van der Waals surface area contributed by atoms with E-state index in [-0.39, 0.29) is 54.8 Å². The molecule has 6 rings (SSSR count). The number of thiazole rings is 1. The number of aromatic nitrogens is 7. The fourth-order valence-corrected chi connectivity index (χ4v) is 7.71. The Balaban J connectivity index is 1.43. The number of hydrogen-bond donors (Lipinski definition) is 4. The molecule has 4 heterocycles. The van der Waals surface area contributed by atoms with Gasteiger partial charge >= 0.3 is 0 Å². The molecule has 0 unspecified atom stereocenters. The first-order chi connectivity index (χ1) is 28.8. The van der Waals surface area contributed by atoms with E-state index in [1.54, 1.807) is 57.6 Å². The summed E-state index contributed by atoms with van der Waals surface area (Å²) in [6.07, 6.45) is 4.27. The van der Waals surface area contributed by atoms with Crippen molar-refractivity contribution < 1.29 is 33.4 Å². The van der Waals surface area contributed by atoms with E-state index >= 15 is 0 Å². The summed E-state index contributed by atoms with van der Waals surface area (Å²) in [4.78, 5) is 73.5. The SMILES string of the molecule is CCn1nc(C)cc1C(=O)N=c1sc2cc(C(N)=O)cc(OC)c2n1C/C=C/Cn1c(NC(=O)c2cc(C)nn2CC)nc2cc(C(N)=O)cc(OCCCC(=O)NC)c21. The lowest BCUT2D eigenvalue weighted by Crippen LogP contribution is -2.20. The van der Waals surface area contributed by atoms with Gasteiger partial charge in [-0.3, -0.25) is 38.7 Å². The summed E-state index contributed by atoms with van der Waals surface area (Å²) in [5.74, 6) is -1.69.